The van der Waals surface area contributed by atoms with Crippen LogP contribution in [0.5, 0.6) is 0 Å². The molecule has 2 aromatic rings. The van der Waals surface area contributed by atoms with E-state index in [2.05, 4.69) is 55.6 Å². The Morgan fingerprint density at radius 1 is 1.19 bits per heavy atom. The van der Waals surface area contributed by atoms with Gasteiger partial charge in [0.2, 0.25) is 0 Å². The van der Waals surface area contributed by atoms with Crippen LogP contribution in [0.15, 0.2) is 36.4 Å². The van der Waals surface area contributed by atoms with E-state index < -0.39 is 0 Å². The van der Waals surface area contributed by atoms with E-state index in [1.807, 2.05) is 0 Å². The Bertz CT molecular complexity index is 650. The van der Waals surface area contributed by atoms with Crippen LogP contribution in [0.25, 0.3) is 10.9 Å². The summed E-state index contributed by atoms with van der Waals surface area (Å²) in [7, 11) is 0. The number of anilines is 1. The lowest BCUT2D eigenvalue weighted by atomic mass is 10.0. The number of nitrogens with zero attached hydrogens (tertiary/aromatic N) is 1. The quantitative estimate of drug-likeness (QED) is 0.790. The first kappa shape index (κ1) is 14.1. The average Bonchev–Trinajstić information content (AvgIpc) is 3.00. The molecule has 0 radical (unpaired) electrons. The van der Waals surface area contributed by atoms with Crippen molar-refractivity contribution >= 4 is 16.6 Å². The first-order valence-corrected chi connectivity index (χ1v) is 8.06. The molecule has 2 heteroatoms. The number of para-hydroxylation sites is 1. The second-order valence-electron chi connectivity index (χ2n) is 5.95. The predicted molar refractivity (Wildman–Crippen MR) is 90.8 cm³/mol. The van der Waals surface area contributed by atoms with Crippen molar-refractivity contribution in [3.63, 3.8) is 0 Å². The van der Waals surface area contributed by atoms with Gasteiger partial charge in [-0.3, -0.25) is 4.98 Å². The molecular formula is C19H24N2. The van der Waals surface area contributed by atoms with Gasteiger partial charge in [-0.1, -0.05) is 37.3 Å². The van der Waals surface area contributed by atoms with Gasteiger partial charge in [0.25, 0.3) is 0 Å². The molecule has 21 heavy (non-hydrogen) atoms. The van der Waals surface area contributed by atoms with Crippen LogP contribution >= 0.6 is 0 Å². The number of rotatable bonds is 5. The van der Waals surface area contributed by atoms with Gasteiger partial charge in [-0.15, -0.1) is 0 Å². The summed E-state index contributed by atoms with van der Waals surface area (Å²) in [6.07, 6.45) is 9.39. The number of pyridine rings is 1. The second kappa shape index (κ2) is 6.30. The molecule has 1 N–H and O–H groups in total. The molecule has 1 aliphatic rings. The number of benzene rings is 1. The molecule has 0 aliphatic heterocycles. The topological polar surface area (TPSA) is 24.9 Å². The van der Waals surface area contributed by atoms with Crippen molar-refractivity contribution in [1.29, 1.82) is 0 Å². The normalized spacial score (nSPS) is 15.0. The Kier molecular flexibility index (Phi) is 4.23. The summed E-state index contributed by atoms with van der Waals surface area (Å²) in [4.78, 5) is 4.74. The molecule has 0 spiro atoms. The lowest BCUT2D eigenvalue weighted by Crippen LogP contribution is -2.10. The third kappa shape index (κ3) is 2.94. The van der Waals surface area contributed by atoms with Crippen molar-refractivity contribution < 1.29 is 0 Å². The van der Waals surface area contributed by atoms with Crippen molar-refractivity contribution in [3.8, 4) is 0 Å². The molecule has 0 fully saturated rings. The first-order valence-electron chi connectivity index (χ1n) is 8.06. The molecule has 1 heterocycles. The van der Waals surface area contributed by atoms with Crippen molar-refractivity contribution in [2.24, 2.45) is 5.92 Å². The number of fused-ring (bicyclic) bond motifs is 1. The van der Waals surface area contributed by atoms with Crippen LogP contribution in [-0.4, -0.2) is 11.5 Å². The zero-order valence-corrected chi connectivity index (χ0v) is 13.0. The highest BCUT2D eigenvalue weighted by Crippen LogP contribution is 2.29. The minimum atomic E-state index is 0.830. The number of allylic oxidation sites excluding steroid dienone is 2. The number of hydrogen-bond acceptors (Lipinski definition) is 2. The maximum absolute atomic E-state index is 4.74. The summed E-state index contributed by atoms with van der Waals surface area (Å²) in [6.45, 7) is 5.38. The summed E-state index contributed by atoms with van der Waals surface area (Å²) in [5.41, 5.74) is 4.91. The highest BCUT2D eigenvalue weighted by atomic mass is 14.9. The molecule has 0 saturated heterocycles. The predicted octanol–water partition coefficient (Wildman–Crippen LogP) is 4.87. The van der Waals surface area contributed by atoms with Crippen LogP contribution in [-0.2, 0) is 6.42 Å². The molecule has 3 rings (SSSR count). The van der Waals surface area contributed by atoms with Gasteiger partial charge in [0.15, 0.2) is 0 Å². The maximum atomic E-state index is 4.74. The van der Waals surface area contributed by atoms with Crippen molar-refractivity contribution in [1.82, 2.24) is 4.98 Å². The third-order valence-electron chi connectivity index (χ3n) is 4.51. The van der Waals surface area contributed by atoms with Gasteiger partial charge in [0, 0.05) is 23.3 Å². The standard InChI is InChI=1S/C19H24N2/c1-3-16-14(2)21-18-11-7-6-10-17(18)19(16)20-13-12-15-8-4-5-9-15/h4-7,10-11,15H,3,8-9,12-13H2,1-2H3,(H,20,21). The smallest absolute Gasteiger partial charge is 0.0726 e. The molecule has 0 atom stereocenters. The Balaban J connectivity index is 1.84. The summed E-state index contributed by atoms with van der Waals surface area (Å²) in [5.74, 6) is 0.830. The maximum Gasteiger partial charge on any atom is 0.0726 e. The van der Waals surface area contributed by atoms with E-state index in [0.717, 1.165) is 30.1 Å². The van der Waals surface area contributed by atoms with Gasteiger partial charge >= 0.3 is 0 Å². The molecule has 1 aromatic heterocycles. The summed E-state index contributed by atoms with van der Waals surface area (Å²) in [5, 5.41) is 4.96. The molecular weight excluding hydrogens is 256 g/mol. The summed E-state index contributed by atoms with van der Waals surface area (Å²) < 4.78 is 0. The van der Waals surface area contributed by atoms with Crippen molar-refractivity contribution in [2.75, 3.05) is 11.9 Å². The van der Waals surface area contributed by atoms with E-state index in [-0.39, 0.29) is 0 Å². The zero-order chi connectivity index (χ0) is 14.7. The van der Waals surface area contributed by atoms with Crippen LogP contribution in [0, 0.1) is 12.8 Å². The zero-order valence-electron chi connectivity index (χ0n) is 13.0. The molecule has 1 aliphatic carbocycles. The van der Waals surface area contributed by atoms with Crippen LogP contribution in [0.1, 0.15) is 37.4 Å². The van der Waals surface area contributed by atoms with Gasteiger partial charge in [0.1, 0.15) is 0 Å². The molecule has 0 amide bonds. The van der Waals surface area contributed by atoms with E-state index in [1.165, 1.54) is 35.9 Å². The van der Waals surface area contributed by atoms with Crippen molar-refractivity contribution in [3.05, 3.63) is 47.7 Å². The van der Waals surface area contributed by atoms with Crippen LogP contribution in [0.4, 0.5) is 5.69 Å². The van der Waals surface area contributed by atoms with Gasteiger partial charge in [-0.05, 0) is 50.2 Å². The first-order chi connectivity index (χ1) is 10.3. The van der Waals surface area contributed by atoms with E-state index in [9.17, 15) is 0 Å². The average molecular weight is 280 g/mol. The Morgan fingerprint density at radius 3 is 2.71 bits per heavy atom. The highest BCUT2D eigenvalue weighted by Gasteiger charge is 2.13. The number of hydrogen-bond donors (Lipinski definition) is 1. The fourth-order valence-corrected chi connectivity index (χ4v) is 3.32. The minimum Gasteiger partial charge on any atom is -0.384 e. The fourth-order valence-electron chi connectivity index (χ4n) is 3.32. The second-order valence-corrected chi connectivity index (χ2v) is 5.95. The summed E-state index contributed by atoms with van der Waals surface area (Å²) >= 11 is 0. The van der Waals surface area contributed by atoms with Gasteiger partial charge in [-0.2, -0.15) is 0 Å². The van der Waals surface area contributed by atoms with Crippen LogP contribution in [0.3, 0.4) is 0 Å². The molecule has 1 aromatic carbocycles. The number of nitrogens with one attached hydrogen (secondary N) is 1. The van der Waals surface area contributed by atoms with Gasteiger partial charge < -0.3 is 5.32 Å². The van der Waals surface area contributed by atoms with Gasteiger partial charge in [-0.25, -0.2) is 0 Å². The fraction of sp³-hybridized carbons (Fsp3) is 0.421. The highest BCUT2D eigenvalue weighted by molar-refractivity contribution is 5.93. The minimum absolute atomic E-state index is 0.830. The molecule has 0 saturated carbocycles. The Labute approximate surface area is 127 Å². The largest absolute Gasteiger partial charge is 0.384 e. The van der Waals surface area contributed by atoms with Crippen molar-refractivity contribution in [2.45, 2.75) is 39.5 Å². The van der Waals surface area contributed by atoms with E-state index in [4.69, 9.17) is 4.98 Å². The van der Waals surface area contributed by atoms with E-state index >= 15 is 0 Å². The monoisotopic (exact) mass is 280 g/mol. The van der Waals surface area contributed by atoms with Crippen LogP contribution in [0.2, 0.25) is 0 Å². The lowest BCUT2D eigenvalue weighted by molar-refractivity contribution is 0.537. The summed E-state index contributed by atoms with van der Waals surface area (Å²) in [6, 6.07) is 8.45. The van der Waals surface area contributed by atoms with E-state index in [0.29, 0.717) is 0 Å². The Hall–Kier alpha value is -1.83. The van der Waals surface area contributed by atoms with Gasteiger partial charge in [0.05, 0.1) is 5.52 Å². The molecule has 2 nitrogen and oxygen atoms in total. The van der Waals surface area contributed by atoms with Crippen LogP contribution < -0.4 is 5.32 Å². The third-order valence-corrected chi connectivity index (χ3v) is 4.51. The molecule has 0 unspecified atom stereocenters. The molecule has 110 valence electrons. The lowest BCUT2D eigenvalue weighted by Gasteiger charge is -2.17. The number of aryl methyl sites for hydroxylation is 1. The Morgan fingerprint density at radius 2 is 1.95 bits per heavy atom. The SMILES string of the molecule is CCc1c(C)nc2ccccc2c1NCCC1CC=CC1. The van der Waals surface area contributed by atoms with E-state index in [1.54, 1.807) is 0 Å². The number of aromatic nitrogens is 1. The molecule has 0 bridgehead atoms.